The van der Waals surface area contributed by atoms with Crippen LogP contribution in [-0.4, -0.2) is 24.6 Å². The smallest absolute Gasteiger partial charge is 0.269 e. The second kappa shape index (κ2) is 12.1. The highest BCUT2D eigenvalue weighted by Crippen LogP contribution is 2.37. The van der Waals surface area contributed by atoms with E-state index in [0.29, 0.717) is 49.4 Å². The molecule has 0 fully saturated rings. The summed E-state index contributed by atoms with van der Waals surface area (Å²) in [5, 5.41) is 17.8. The number of rotatable bonds is 12. The van der Waals surface area contributed by atoms with Crippen LogP contribution in [0.2, 0.25) is 5.02 Å². The summed E-state index contributed by atoms with van der Waals surface area (Å²) in [6, 6.07) is 18.3. The lowest BCUT2D eigenvalue weighted by atomic mass is 10.1. The highest BCUT2D eigenvalue weighted by molar-refractivity contribution is 6.32. The van der Waals surface area contributed by atoms with Crippen LogP contribution in [0, 0.1) is 17.0 Å². The molecule has 33 heavy (non-hydrogen) atoms. The van der Waals surface area contributed by atoms with E-state index < -0.39 is 4.92 Å². The van der Waals surface area contributed by atoms with Gasteiger partial charge in [0, 0.05) is 37.5 Å². The number of hydrogen-bond donors (Lipinski definition) is 2. The van der Waals surface area contributed by atoms with Gasteiger partial charge in [0.05, 0.1) is 16.6 Å². The quantitative estimate of drug-likeness (QED) is 0.200. The van der Waals surface area contributed by atoms with E-state index in [1.165, 1.54) is 17.7 Å². The Morgan fingerprint density at radius 2 is 1.70 bits per heavy atom. The molecule has 0 aliphatic heterocycles. The number of nitro benzene ring substituents is 1. The molecule has 0 radical (unpaired) electrons. The molecule has 0 heterocycles. The summed E-state index contributed by atoms with van der Waals surface area (Å²) in [4.78, 5) is 10.3. The lowest BCUT2D eigenvalue weighted by Crippen LogP contribution is -2.21. The maximum Gasteiger partial charge on any atom is 0.269 e. The van der Waals surface area contributed by atoms with Crippen molar-refractivity contribution < 1.29 is 14.4 Å². The second-order valence-corrected chi connectivity index (χ2v) is 7.93. The molecule has 3 aromatic carbocycles. The van der Waals surface area contributed by atoms with Gasteiger partial charge in [0.1, 0.15) is 6.61 Å². The summed E-state index contributed by atoms with van der Waals surface area (Å²) in [6.45, 7) is 6.87. The average molecular weight is 470 g/mol. The summed E-state index contributed by atoms with van der Waals surface area (Å²) in [5.74, 6) is 1.17. The van der Waals surface area contributed by atoms with Gasteiger partial charge in [-0.2, -0.15) is 0 Å². The van der Waals surface area contributed by atoms with Crippen LogP contribution in [0.15, 0.2) is 60.7 Å². The van der Waals surface area contributed by atoms with Gasteiger partial charge in [0.25, 0.3) is 5.69 Å². The molecule has 3 aromatic rings. The first-order chi connectivity index (χ1) is 16.0. The molecule has 8 heteroatoms. The predicted octanol–water partition coefficient (Wildman–Crippen LogP) is 5.74. The van der Waals surface area contributed by atoms with Gasteiger partial charge in [-0.1, -0.05) is 41.4 Å². The number of benzene rings is 3. The molecule has 0 saturated carbocycles. The van der Waals surface area contributed by atoms with Crippen molar-refractivity contribution in [1.82, 2.24) is 5.32 Å². The molecule has 0 bridgehead atoms. The van der Waals surface area contributed by atoms with Gasteiger partial charge in [0.2, 0.25) is 0 Å². The van der Waals surface area contributed by atoms with Crippen LogP contribution < -0.4 is 20.1 Å². The van der Waals surface area contributed by atoms with Crippen molar-refractivity contribution in [3.8, 4) is 11.5 Å². The van der Waals surface area contributed by atoms with E-state index in [9.17, 15) is 10.1 Å². The van der Waals surface area contributed by atoms with Crippen LogP contribution in [-0.2, 0) is 13.2 Å². The maximum atomic E-state index is 10.7. The van der Waals surface area contributed by atoms with Crippen molar-refractivity contribution in [2.75, 3.05) is 25.0 Å². The zero-order valence-electron chi connectivity index (χ0n) is 18.8. The molecule has 0 aromatic heterocycles. The Labute approximate surface area is 198 Å². The predicted molar refractivity (Wildman–Crippen MR) is 131 cm³/mol. The van der Waals surface area contributed by atoms with Crippen LogP contribution in [0.3, 0.4) is 0 Å². The van der Waals surface area contributed by atoms with Gasteiger partial charge in [-0.3, -0.25) is 10.1 Å². The number of non-ortho nitro benzene ring substituents is 1. The molecule has 0 aliphatic carbocycles. The lowest BCUT2D eigenvalue weighted by molar-refractivity contribution is -0.384. The summed E-state index contributed by atoms with van der Waals surface area (Å²) in [6.07, 6.45) is 0. The Morgan fingerprint density at radius 1 is 0.970 bits per heavy atom. The number of nitro groups is 1. The van der Waals surface area contributed by atoms with Crippen molar-refractivity contribution in [2.24, 2.45) is 0 Å². The third kappa shape index (κ3) is 7.37. The van der Waals surface area contributed by atoms with Crippen LogP contribution >= 0.6 is 11.6 Å². The number of aryl methyl sites for hydroxylation is 1. The number of anilines is 1. The van der Waals surface area contributed by atoms with Gasteiger partial charge in [-0.15, -0.1) is 0 Å². The van der Waals surface area contributed by atoms with Gasteiger partial charge in [0.15, 0.2) is 11.5 Å². The van der Waals surface area contributed by atoms with E-state index in [4.69, 9.17) is 21.1 Å². The van der Waals surface area contributed by atoms with E-state index in [1.807, 2.05) is 38.1 Å². The molecule has 0 amide bonds. The molecule has 7 nitrogen and oxygen atoms in total. The van der Waals surface area contributed by atoms with E-state index in [-0.39, 0.29) is 5.69 Å². The first kappa shape index (κ1) is 24.4. The van der Waals surface area contributed by atoms with E-state index >= 15 is 0 Å². The third-order valence-corrected chi connectivity index (χ3v) is 5.19. The molecular weight excluding hydrogens is 442 g/mol. The fourth-order valence-corrected chi connectivity index (χ4v) is 3.48. The van der Waals surface area contributed by atoms with Crippen molar-refractivity contribution in [3.63, 3.8) is 0 Å². The van der Waals surface area contributed by atoms with Crippen LogP contribution in [0.5, 0.6) is 11.5 Å². The molecule has 2 N–H and O–H groups in total. The molecule has 0 atom stereocenters. The zero-order chi connectivity index (χ0) is 23.6. The lowest BCUT2D eigenvalue weighted by Gasteiger charge is -2.16. The van der Waals surface area contributed by atoms with E-state index in [2.05, 4.69) is 22.8 Å². The Balaban J connectivity index is 1.52. The Kier molecular flexibility index (Phi) is 8.92. The van der Waals surface area contributed by atoms with Gasteiger partial charge < -0.3 is 20.1 Å². The zero-order valence-corrected chi connectivity index (χ0v) is 19.5. The Bertz CT molecular complexity index is 1060. The fraction of sp³-hybridized carbons (Fsp3) is 0.280. The van der Waals surface area contributed by atoms with Gasteiger partial charge in [-0.05, 0) is 49.2 Å². The first-order valence-electron chi connectivity index (χ1n) is 10.8. The molecular formula is C25H28ClN3O4. The second-order valence-electron chi connectivity index (χ2n) is 7.52. The number of nitrogens with zero attached hydrogens (tertiary/aromatic N) is 1. The minimum Gasteiger partial charge on any atom is -0.490 e. The van der Waals surface area contributed by atoms with Gasteiger partial charge >= 0.3 is 0 Å². The summed E-state index contributed by atoms with van der Waals surface area (Å²) >= 11 is 6.52. The minimum absolute atomic E-state index is 0.0759. The van der Waals surface area contributed by atoms with Crippen LogP contribution in [0.4, 0.5) is 11.4 Å². The van der Waals surface area contributed by atoms with E-state index in [0.717, 1.165) is 16.8 Å². The Hall–Kier alpha value is -3.29. The summed E-state index contributed by atoms with van der Waals surface area (Å²) in [5.41, 5.74) is 4.16. The van der Waals surface area contributed by atoms with Crippen molar-refractivity contribution >= 4 is 23.0 Å². The van der Waals surface area contributed by atoms with Crippen LogP contribution in [0.1, 0.15) is 23.6 Å². The topological polar surface area (TPSA) is 85.7 Å². The monoisotopic (exact) mass is 469 g/mol. The van der Waals surface area contributed by atoms with Crippen molar-refractivity contribution in [1.29, 1.82) is 0 Å². The number of halogens is 1. The number of nitrogens with one attached hydrogen (secondary N) is 2. The summed E-state index contributed by atoms with van der Waals surface area (Å²) < 4.78 is 11.8. The molecule has 0 aliphatic rings. The molecule has 0 spiro atoms. The Morgan fingerprint density at radius 3 is 2.36 bits per heavy atom. The highest BCUT2D eigenvalue weighted by atomic mass is 35.5. The van der Waals surface area contributed by atoms with Crippen LogP contribution in [0.25, 0.3) is 0 Å². The van der Waals surface area contributed by atoms with Gasteiger partial charge in [-0.25, -0.2) is 0 Å². The molecule has 0 unspecified atom stereocenters. The van der Waals surface area contributed by atoms with Crippen molar-refractivity contribution in [2.45, 2.75) is 27.0 Å². The number of ether oxygens (including phenoxy) is 2. The highest BCUT2D eigenvalue weighted by Gasteiger charge is 2.13. The molecule has 0 saturated heterocycles. The van der Waals surface area contributed by atoms with Crippen molar-refractivity contribution in [3.05, 3.63) is 92.5 Å². The third-order valence-electron chi connectivity index (χ3n) is 4.91. The SMILES string of the molecule is CCOc1cc(CNCCNc2ccc([N+](=O)[O-])cc2)cc(Cl)c1OCc1ccc(C)cc1. The molecule has 3 rings (SSSR count). The minimum atomic E-state index is -0.411. The normalized spacial score (nSPS) is 10.6. The molecule has 174 valence electrons. The fourth-order valence-electron chi connectivity index (χ4n) is 3.20. The number of hydrogen-bond acceptors (Lipinski definition) is 6. The first-order valence-corrected chi connectivity index (χ1v) is 11.2. The largest absolute Gasteiger partial charge is 0.490 e. The maximum absolute atomic E-state index is 10.7. The average Bonchev–Trinajstić information content (AvgIpc) is 2.80. The standard InChI is InChI=1S/C25H28ClN3O4/c1-3-32-24-15-20(14-23(26)25(24)33-17-19-6-4-18(2)5-7-19)16-27-12-13-28-21-8-10-22(11-9-21)29(30)31/h4-11,14-15,27-28H,3,12-13,16-17H2,1-2H3. The summed E-state index contributed by atoms with van der Waals surface area (Å²) in [7, 11) is 0. The van der Waals surface area contributed by atoms with E-state index in [1.54, 1.807) is 12.1 Å².